The molecule has 6 bridgehead atoms. The van der Waals surface area contributed by atoms with Crippen LogP contribution in [0.1, 0.15) is 60.3 Å². The first-order valence-corrected chi connectivity index (χ1v) is 15.7. The van der Waals surface area contributed by atoms with E-state index >= 15 is 0 Å². The summed E-state index contributed by atoms with van der Waals surface area (Å²) >= 11 is 0. The molecule has 0 radical (unpaired) electrons. The molecule has 8 saturated heterocycles. The molecule has 8 heterocycles. The molecule has 17 atom stereocenters. The summed E-state index contributed by atoms with van der Waals surface area (Å²) in [5, 5.41) is 107. The van der Waals surface area contributed by atoms with Gasteiger partial charge in [-0.1, -0.05) is 6.92 Å². The maximum atomic E-state index is 11.2. The van der Waals surface area contributed by atoms with E-state index in [1.807, 2.05) is 13.8 Å². The molecule has 16 heteroatoms. The molecule has 17 unspecified atom stereocenters. The van der Waals surface area contributed by atoms with Gasteiger partial charge in [0.1, 0.15) is 42.7 Å². The van der Waals surface area contributed by atoms with Gasteiger partial charge < -0.3 is 79.5 Å². The van der Waals surface area contributed by atoms with E-state index in [-0.39, 0.29) is 18.6 Å². The highest BCUT2D eigenvalue weighted by Gasteiger charge is 2.58. The fraction of sp³-hybridized carbons (Fsp3) is 1.00. The Labute approximate surface area is 262 Å². The molecule has 8 aliphatic rings. The minimum Gasteiger partial charge on any atom is -0.390 e. The molecule has 0 amide bonds. The van der Waals surface area contributed by atoms with E-state index in [2.05, 4.69) is 0 Å². The lowest BCUT2D eigenvalue weighted by Crippen LogP contribution is -2.68. The van der Waals surface area contributed by atoms with Gasteiger partial charge in [0.25, 0.3) is 0 Å². The lowest BCUT2D eigenvalue weighted by molar-refractivity contribution is -0.404. The third-order valence-corrected chi connectivity index (χ3v) is 9.98. The summed E-state index contributed by atoms with van der Waals surface area (Å²) in [5.74, 6) is -2.53. The van der Waals surface area contributed by atoms with E-state index in [1.165, 1.54) is 13.8 Å². The monoisotopic (exact) mass is 656 g/mol. The van der Waals surface area contributed by atoms with Crippen molar-refractivity contribution in [2.24, 2.45) is 11.3 Å². The molecule has 264 valence electrons. The minimum absolute atomic E-state index is 0.192. The van der Waals surface area contributed by atoms with Gasteiger partial charge in [-0.3, -0.25) is 0 Å². The van der Waals surface area contributed by atoms with Crippen LogP contribution in [0.4, 0.5) is 0 Å². The fourth-order valence-electron chi connectivity index (χ4n) is 7.12. The first-order valence-electron chi connectivity index (χ1n) is 15.7. The molecule has 0 aromatic rings. The SMILES string of the molecule is CC1CCC2OC(C(O)O)C(C)(COC3OC(C(O)O)C(OC4(C)OC(C)C(CCC(C)O1)C(O)C4O)C(O)C3O)C(O)C2O. The topological polar surface area (TPSA) is 258 Å². The van der Waals surface area contributed by atoms with Crippen molar-refractivity contribution < 1.29 is 79.5 Å². The molecular weight excluding hydrogens is 604 g/mol. The highest BCUT2D eigenvalue weighted by molar-refractivity contribution is 5.02. The van der Waals surface area contributed by atoms with E-state index in [0.29, 0.717) is 19.3 Å². The van der Waals surface area contributed by atoms with E-state index in [4.69, 9.17) is 28.4 Å². The van der Waals surface area contributed by atoms with E-state index in [9.17, 15) is 51.1 Å². The molecule has 8 fully saturated rings. The van der Waals surface area contributed by atoms with Gasteiger partial charge in [0.2, 0.25) is 0 Å². The van der Waals surface area contributed by atoms with Crippen molar-refractivity contribution in [3.05, 3.63) is 0 Å². The summed E-state index contributed by atoms with van der Waals surface area (Å²) in [6, 6.07) is 0. The van der Waals surface area contributed by atoms with Gasteiger partial charge >= 0.3 is 0 Å². The molecule has 0 aromatic carbocycles. The Balaban J connectivity index is 1.66. The standard InChI is InChI=1S/C29H52O16/c1-11-6-8-14-13(3)44-29(5,23(35)16(14)30)45-20-18(32)19(33)27(43-21(20)25(36)37)40-10-28(4)22(34)17(31)15(9-7-12(2)41-11)42-24(28)26(38)39/h11-27,30-39H,6-10H2,1-5H3. The summed E-state index contributed by atoms with van der Waals surface area (Å²) < 4.78 is 35.2. The zero-order valence-corrected chi connectivity index (χ0v) is 26.3. The lowest BCUT2D eigenvalue weighted by Gasteiger charge is -2.52. The zero-order chi connectivity index (χ0) is 33.6. The first-order chi connectivity index (χ1) is 20.9. The van der Waals surface area contributed by atoms with E-state index in [0.717, 1.165) is 0 Å². The number of aliphatic hydroxyl groups excluding tert-OH is 8. The van der Waals surface area contributed by atoms with Gasteiger partial charge in [-0.05, 0) is 53.4 Å². The Morgan fingerprint density at radius 1 is 0.644 bits per heavy atom. The third-order valence-electron chi connectivity index (χ3n) is 9.98. The lowest BCUT2D eigenvalue weighted by atomic mass is 9.72. The van der Waals surface area contributed by atoms with Crippen LogP contribution in [0.5, 0.6) is 0 Å². The van der Waals surface area contributed by atoms with Gasteiger partial charge in [0, 0.05) is 5.92 Å². The van der Waals surface area contributed by atoms with Crippen LogP contribution in [0, 0.1) is 11.3 Å². The van der Waals surface area contributed by atoms with Gasteiger partial charge in [0.05, 0.1) is 48.6 Å². The predicted molar refractivity (Wildman–Crippen MR) is 150 cm³/mol. The Morgan fingerprint density at radius 3 is 1.87 bits per heavy atom. The van der Waals surface area contributed by atoms with Crippen LogP contribution in [-0.4, -0.2) is 162 Å². The van der Waals surface area contributed by atoms with Gasteiger partial charge in [0.15, 0.2) is 24.7 Å². The molecule has 0 saturated carbocycles. The number of hydrogen-bond donors (Lipinski definition) is 10. The van der Waals surface area contributed by atoms with Crippen molar-refractivity contribution in [3.8, 4) is 0 Å². The smallest absolute Gasteiger partial charge is 0.194 e. The summed E-state index contributed by atoms with van der Waals surface area (Å²) in [5.41, 5.74) is -1.69. The number of ether oxygens (including phenoxy) is 6. The molecule has 8 aliphatic heterocycles. The van der Waals surface area contributed by atoms with E-state index in [1.54, 1.807) is 6.92 Å². The van der Waals surface area contributed by atoms with Crippen molar-refractivity contribution in [1.82, 2.24) is 0 Å². The zero-order valence-electron chi connectivity index (χ0n) is 26.3. The predicted octanol–water partition coefficient (Wildman–Crippen LogP) is -3.21. The Morgan fingerprint density at radius 2 is 1.27 bits per heavy atom. The molecular formula is C29H52O16. The summed E-state index contributed by atoms with van der Waals surface area (Å²) in [7, 11) is 0. The third kappa shape index (κ3) is 7.51. The van der Waals surface area contributed by atoms with Crippen molar-refractivity contribution in [1.29, 1.82) is 0 Å². The molecule has 0 aliphatic carbocycles. The normalized spacial score (nSPS) is 52.6. The minimum atomic E-state index is -2.30. The summed E-state index contributed by atoms with van der Waals surface area (Å²) in [6.07, 6.45) is -21.9. The average molecular weight is 657 g/mol. The second-order valence-corrected chi connectivity index (χ2v) is 13.6. The molecule has 45 heavy (non-hydrogen) atoms. The second kappa shape index (κ2) is 14.5. The maximum absolute atomic E-state index is 11.2. The molecule has 10 N–H and O–H groups in total. The van der Waals surface area contributed by atoms with Crippen LogP contribution in [-0.2, 0) is 28.4 Å². The quantitative estimate of drug-likeness (QED) is 0.131. The highest BCUT2D eigenvalue weighted by Crippen LogP contribution is 2.43. The van der Waals surface area contributed by atoms with Gasteiger partial charge in [-0.2, -0.15) is 0 Å². The molecule has 0 aromatic heterocycles. The Hall–Kier alpha value is -0.640. The number of aliphatic hydroxyl groups is 10. The maximum Gasteiger partial charge on any atom is 0.194 e. The first kappa shape index (κ1) is 37.2. The highest BCUT2D eigenvalue weighted by atomic mass is 16.8. The van der Waals surface area contributed by atoms with Crippen molar-refractivity contribution in [2.45, 2.75) is 164 Å². The number of hydrogen-bond acceptors (Lipinski definition) is 16. The van der Waals surface area contributed by atoms with Crippen molar-refractivity contribution in [2.75, 3.05) is 6.61 Å². The van der Waals surface area contributed by atoms with E-state index < -0.39 is 110 Å². The molecule has 8 rings (SSSR count). The fourth-order valence-corrected chi connectivity index (χ4v) is 7.12. The van der Waals surface area contributed by atoms with Crippen LogP contribution in [0.2, 0.25) is 0 Å². The number of fused-ring (bicyclic) bond motifs is 1. The van der Waals surface area contributed by atoms with Crippen molar-refractivity contribution >= 4 is 0 Å². The van der Waals surface area contributed by atoms with Crippen molar-refractivity contribution in [3.63, 3.8) is 0 Å². The molecule has 16 nitrogen and oxygen atoms in total. The van der Waals surface area contributed by atoms with Gasteiger partial charge in [-0.15, -0.1) is 0 Å². The number of rotatable bonds is 2. The average Bonchev–Trinajstić information content (AvgIpc) is 2.95. The Bertz CT molecular complexity index is 957. The van der Waals surface area contributed by atoms with Crippen LogP contribution in [0.3, 0.4) is 0 Å². The Kier molecular flexibility index (Phi) is 11.9. The van der Waals surface area contributed by atoms with Crippen LogP contribution < -0.4 is 0 Å². The van der Waals surface area contributed by atoms with Crippen LogP contribution in [0.25, 0.3) is 0 Å². The van der Waals surface area contributed by atoms with Gasteiger partial charge in [-0.25, -0.2) is 0 Å². The summed E-state index contributed by atoms with van der Waals surface area (Å²) in [6.45, 7) is 7.43. The molecule has 0 spiro atoms. The summed E-state index contributed by atoms with van der Waals surface area (Å²) in [4.78, 5) is 0. The second-order valence-electron chi connectivity index (χ2n) is 13.6. The van der Waals surface area contributed by atoms with Crippen LogP contribution in [0.15, 0.2) is 0 Å². The largest absolute Gasteiger partial charge is 0.390 e. The van der Waals surface area contributed by atoms with Crippen LogP contribution >= 0.6 is 0 Å².